The van der Waals surface area contributed by atoms with Crippen LogP contribution in [0.3, 0.4) is 0 Å². The molecule has 0 saturated carbocycles. The average Bonchev–Trinajstić information content (AvgIpc) is 2.99. The van der Waals surface area contributed by atoms with Crippen molar-refractivity contribution in [3.05, 3.63) is 50.9 Å². The fraction of sp³-hybridized carbons (Fsp3) is 0.400. The Balaban J connectivity index is 1.92. The van der Waals surface area contributed by atoms with E-state index in [0.717, 1.165) is 31.2 Å². The van der Waals surface area contributed by atoms with Crippen LogP contribution in [0.2, 0.25) is 5.02 Å². The quantitative estimate of drug-likeness (QED) is 0.699. The molecule has 1 heterocycles. The number of fused-ring (bicyclic) bond motifs is 1. The molecule has 1 amide bonds. The number of hydrogen-bond donors (Lipinski definition) is 1. The molecule has 2 aromatic rings. The Hall–Kier alpha value is -1.85. The summed E-state index contributed by atoms with van der Waals surface area (Å²) in [6.07, 6.45) is 4.00. The van der Waals surface area contributed by atoms with Gasteiger partial charge in [-0.05, 0) is 61.9 Å². The average molecular weight is 392 g/mol. The predicted molar refractivity (Wildman–Crippen MR) is 105 cm³/mol. The van der Waals surface area contributed by atoms with E-state index >= 15 is 0 Å². The van der Waals surface area contributed by atoms with Gasteiger partial charge in [-0.1, -0.05) is 24.9 Å². The molecule has 1 aliphatic rings. The summed E-state index contributed by atoms with van der Waals surface area (Å²) in [4.78, 5) is 26.3. The van der Waals surface area contributed by atoms with Gasteiger partial charge in [-0.2, -0.15) is 0 Å². The van der Waals surface area contributed by atoms with Gasteiger partial charge in [0.05, 0.1) is 12.2 Å². The van der Waals surface area contributed by atoms with Crippen LogP contribution < -0.4 is 5.32 Å². The number of amides is 1. The molecule has 0 fully saturated rings. The summed E-state index contributed by atoms with van der Waals surface area (Å²) in [5.74, 6) is 0.0280. The van der Waals surface area contributed by atoms with Crippen molar-refractivity contribution in [1.29, 1.82) is 0 Å². The van der Waals surface area contributed by atoms with Crippen molar-refractivity contribution < 1.29 is 14.3 Å². The Morgan fingerprint density at radius 2 is 2.00 bits per heavy atom. The van der Waals surface area contributed by atoms with Gasteiger partial charge in [0.1, 0.15) is 5.00 Å². The number of anilines is 1. The Morgan fingerprint density at radius 3 is 2.65 bits per heavy atom. The van der Waals surface area contributed by atoms with E-state index in [0.29, 0.717) is 33.7 Å². The second-order valence-electron chi connectivity index (χ2n) is 6.41. The van der Waals surface area contributed by atoms with E-state index in [1.807, 2.05) is 0 Å². The molecule has 0 unspecified atom stereocenters. The van der Waals surface area contributed by atoms with Crippen molar-refractivity contribution in [2.75, 3.05) is 11.9 Å². The van der Waals surface area contributed by atoms with Crippen LogP contribution in [-0.2, 0) is 17.6 Å². The number of nitrogens with one attached hydrogen (secondary N) is 1. The van der Waals surface area contributed by atoms with E-state index in [-0.39, 0.29) is 11.9 Å². The first kappa shape index (κ1) is 18.9. The fourth-order valence-corrected chi connectivity index (χ4v) is 4.76. The molecule has 0 spiro atoms. The number of thiophene rings is 1. The number of rotatable bonds is 5. The number of carbonyl (C=O) groups excluding carboxylic acids is 2. The highest BCUT2D eigenvalue weighted by Crippen LogP contribution is 2.41. The third-order valence-corrected chi connectivity index (χ3v) is 6.18. The molecule has 0 bridgehead atoms. The topological polar surface area (TPSA) is 55.4 Å². The molecule has 1 aliphatic carbocycles. The fourth-order valence-electron chi connectivity index (χ4n) is 3.29. The Morgan fingerprint density at radius 1 is 1.27 bits per heavy atom. The molecule has 0 saturated heterocycles. The molecule has 26 heavy (non-hydrogen) atoms. The molecule has 3 rings (SSSR count). The van der Waals surface area contributed by atoms with E-state index in [1.165, 1.54) is 16.2 Å². The number of ether oxygens (including phenoxy) is 1. The molecule has 1 N–H and O–H groups in total. The number of esters is 1. The Kier molecular flexibility index (Phi) is 5.99. The summed E-state index contributed by atoms with van der Waals surface area (Å²) >= 11 is 7.39. The van der Waals surface area contributed by atoms with Gasteiger partial charge < -0.3 is 10.1 Å². The second kappa shape index (κ2) is 8.23. The summed E-state index contributed by atoms with van der Waals surface area (Å²) in [6, 6.07) is 6.69. The van der Waals surface area contributed by atoms with Crippen LogP contribution >= 0.6 is 22.9 Å². The molecule has 1 atom stereocenters. The standard InChI is InChI=1S/C20H22ClNO3S/c1-3-12-5-10-15-16(11-12)26-19(17(15)20(24)25-4-2)22-18(23)13-6-8-14(21)9-7-13/h6-9,12H,3-5,10-11H2,1-2H3,(H,22,23)/t12-/m1/s1. The van der Waals surface area contributed by atoms with Crippen LogP contribution in [0.1, 0.15) is 57.8 Å². The maximum atomic E-state index is 12.6. The van der Waals surface area contributed by atoms with E-state index < -0.39 is 0 Å². The summed E-state index contributed by atoms with van der Waals surface area (Å²) < 4.78 is 5.25. The summed E-state index contributed by atoms with van der Waals surface area (Å²) in [5.41, 5.74) is 2.08. The first-order chi connectivity index (χ1) is 12.5. The Bertz CT molecular complexity index is 813. The minimum atomic E-state index is -0.355. The maximum Gasteiger partial charge on any atom is 0.341 e. The van der Waals surface area contributed by atoms with Crippen LogP contribution in [0.5, 0.6) is 0 Å². The van der Waals surface area contributed by atoms with Crippen molar-refractivity contribution in [3.63, 3.8) is 0 Å². The van der Waals surface area contributed by atoms with Gasteiger partial charge in [-0.15, -0.1) is 11.3 Å². The third-order valence-electron chi connectivity index (χ3n) is 4.76. The lowest BCUT2D eigenvalue weighted by Gasteiger charge is -2.20. The normalized spacial score (nSPS) is 16.0. The summed E-state index contributed by atoms with van der Waals surface area (Å²) in [5, 5.41) is 4.07. The van der Waals surface area contributed by atoms with Crippen molar-refractivity contribution in [2.45, 2.75) is 39.5 Å². The van der Waals surface area contributed by atoms with Gasteiger partial charge in [0.2, 0.25) is 0 Å². The third kappa shape index (κ3) is 3.94. The van der Waals surface area contributed by atoms with Crippen LogP contribution in [0.15, 0.2) is 24.3 Å². The van der Waals surface area contributed by atoms with Gasteiger partial charge >= 0.3 is 5.97 Å². The first-order valence-corrected chi connectivity index (χ1v) is 10.1. The second-order valence-corrected chi connectivity index (χ2v) is 7.95. The number of hydrogen-bond acceptors (Lipinski definition) is 4. The highest BCUT2D eigenvalue weighted by molar-refractivity contribution is 7.17. The minimum Gasteiger partial charge on any atom is -0.462 e. The van der Waals surface area contributed by atoms with Crippen LogP contribution in [0.4, 0.5) is 5.00 Å². The largest absolute Gasteiger partial charge is 0.462 e. The minimum absolute atomic E-state index is 0.252. The predicted octanol–water partition coefficient (Wildman–Crippen LogP) is 5.35. The number of halogens is 1. The highest BCUT2D eigenvalue weighted by Gasteiger charge is 2.29. The highest BCUT2D eigenvalue weighted by atomic mass is 35.5. The van der Waals surface area contributed by atoms with Gasteiger partial charge in [0.25, 0.3) is 5.91 Å². The molecule has 0 aliphatic heterocycles. The van der Waals surface area contributed by atoms with Crippen molar-refractivity contribution in [2.24, 2.45) is 5.92 Å². The molecule has 6 heteroatoms. The molecular formula is C20H22ClNO3S. The monoisotopic (exact) mass is 391 g/mol. The summed E-state index contributed by atoms with van der Waals surface area (Å²) in [6.45, 7) is 4.29. The zero-order valence-corrected chi connectivity index (χ0v) is 16.5. The zero-order valence-electron chi connectivity index (χ0n) is 14.9. The van der Waals surface area contributed by atoms with Crippen LogP contribution in [-0.4, -0.2) is 18.5 Å². The van der Waals surface area contributed by atoms with Gasteiger partial charge in [-0.25, -0.2) is 4.79 Å². The van der Waals surface area contributed by atoms with Crippen molar-refractivity contribution in [1.82, 2.24) is 0 Å². The maximum absolute atomic E-state index is 12.6. The first-order valence-electron chi connectivity index (χ1n) is 8.92. The SMILES string of the molecule is CCOC(=O)c1c(NC(=O)c2ccc(Cl)cc2)sc2c1CC[C@@H](CC)C2. The zero-order chi connectivity index (χ0) is 18.7. The molecule has 1 aromatic heterocycles. The van der Waals surface area contributed by atoms with Gasteiger partial charge in [-0.3, -0.25) is 4.79 Å². The molecule has 138 valence electrons. The molecular weight excluding hydrogens is 370 g/mol. The van der Waals surface area contributed by atoms with E-state index in [2.05, 4.69) is 12.2 Å². The molecule has 1 aromatic carbocycles. The Labute approximate surface area is 162 Å². The van der Waals surface area contributed by atoms with Gasteiger partial charge in [0, 0.05) is 15.5 Å². The van der Waals surface area contributed by atoms with Crippen molar-refractivity contribution in [3.8, 4) is 0 Å². The lowest BCUT2D eigenvalue weighted by atomic mass is 9.85. The van der Waals surface area contributed by atoms with E-state index in [4.69, 9.17) is 16.3 Å². The van der Waals surface area contributed by atoms with Crippen LogP contribution in [0, 0.1) is 5.92 Å². The lowest BCUT2D eigenvalue weighted by Crippen LogP contribution is -2.17. The van der Waals surface area contributed by atoms with E-state index in [9.17, 15) is 9.59 Å². The lowest BCUT2D eigenvalue weighted by molar-refractivity contribution is 0.0526. The van der Waals surface area contributed by atoms with Crippen molar-refractivity contribution >= 4 is 39.8 Å². The number of carbonyl (C=O) groups is 2. The molecule has 4 nitrogen and oxygen atoms in total. The van der Waals surface area contributed by atoms with E-state index in [1.54, 1.807) is 31.2 Å². The number of benzene rings is 1. The van der Waals surface area contributed by atoms with Crippen LogP contribution in [0.25, 0.3) is 0 Å². The van der Waals surface area contributed by atoms with Gasteiger partial charge in [0.15, 0.2) is 0 Å². The molecule has 0 radical (unpaired) electrons. The summed E-state index contributed by atoms with van der Waals surface area (Å²) in [7, 11) is 0. The smallest absolute Gasteiger partial charge is 0.341 e.